The number of rotatable bonds is 10. The lowest BCUT2D eigenvalue weighted by Gasteiger charge is -2.36. The summed E-state index contributed by atoms with van der Waals surface area (Å²) in [6.45, 7) is 8.34. The Morgan fingerprint density at radius 1 is 1.12 bits per heavy atom. The molecule has 1 aliphatic heterocycles. The number of guanidine groups is 1. The summed E-state index contributed by atoms with van der Waals surface area (Å²) < 4.78 is 5.80. The molecular formula is C18H38IN3OS. The van der Waals surface area contributed by atoms with Crippen LogP contribution in [-0.2, 0) is 4.74 Å². The van der Waals surface area contributed by atoms with E-state index in [-0.39, 0.29) is 24.0 Å². The molecule has 4 nitrogen and oxygen atoms in total. The second-order valence-electron chi connectivity index (χ2n) is 6.95. The van der Waals surface area contributed by atoms with Gasteiger partial charge in [0.05, 0.1) is 0 Å². The zero-order valence-electron chi connectivity index (χ0n) is 16.0. The fraction of sp³-hybridized carbons (Fsp3) is 0.944. The van der Waals surface area contributed by atoms with Gasteiger partial charge in [-0.15, -0.1) is 24.0 Å². The Balaban J connectivity index is 0.00000529. The van der Waals surface area contributed by atoms with Gasteiger partial charge in [0, 0.05) is 38.1 Å². The van der Waals surface area contributed by atoms with Crippen molar-refractivity contribution in [2.45, 2.75) is 63.5 Å². The highest BCUT2D eigenvalue weighted by Crippen LogP contribution is 2.32. The highest BCUT2D eigenvalue weighted by Gasteiger charge is 2.31. The van der Waals surface area contributed by atoms with Gasteiger partial charge in [-0.1, -0.05) is 39.5 Å². The van der Waals surface area contributed by atoms with Crippen molar-refractivity contribution < 1.29 is 4.74 Å². The molecule has 1 aliphatic rings. The minimum Gasteiger partial charge on any atom is -0.381 e. The minimum atomic E-state index is 0. The average molecular weight is 471 g/mol. The SMILES string of the molecule is CN=C(NCCCCCCC(C)C)NCC1(SC)CCOCC1.I. The van der Waals surface area contributed by atoms with Crippen LogP contribution in [0.25, 0.3) is 0 Å². The first-order valence-electron chi connectivity index (χ1n) is 9.19. The third-order valence-corrected chi connectivity index (χ3v) is 6.06. The molecule has 0 amide bonds. The molecule has 0 spiro atoms. The van der Waals surface area contributed by atoms with Crippen molar-refractivity contribution in [2.75, 3.05) is 39.6 Å². The van der Waals surface area contributed by atoms with Crippen molar-refractivity contribution in [3.8, 4) is 0 Å². The van der Waals surface area contributed by atoms with Gasteiger partial charge in [0.25, 0.3) is 0 Å². The number of nitrogens with zero attached hydrogens (tertiary/aromatic N) is 1. The monoisotopic (exact) mass is 471 g/mol. The Kier molecular flexibility index (Phi) is 14.7. The number of hydrogen-bond acceptors (Lipinski definition) is 3. The number of halogens is 1. The molecule has 1 heterocycles. The summed E-state index contributed by atoms with van der Waals surface area (Å²) in [5.74, 6) is 1.78. The van der Waals surface area contributed by atoms with E-state index in [4.69, 9.17) is 4.74 Å². The molecule has 6 heteroatoms. The van der Waals surface area contributed by atoms with Gasteiger partial charge in [-0.3, -0.25) is 4.99 Å². The van der Waals surface area contributed by atoms with Gasteiger partial charge >= 0.3 is 0 Å². The fourth-order valence-corrected chi connectivity index (χ4v) is 3.69. The molecular weight excluding hydrogens is 433 g/mol. The molecule has 144 valence electrons. The second kappa shape index (κ2) is 14.5. The Labute approximate surface area is 170 Å². The summed E-state index contributed by atoms with van der Waals surface area (Å²) in [7, 11) is 1.85. The van der Waals surface area contributed by atoms with Crippen LogP contribution < -0.4 is 10.6 Å². The van der Waals surface area contributed by atoms with Crippen LogP contribution in [0, 0.1) is 5.92 Å². The fourth-order valence-electron chi connectivity index (χ4n) is 2.90. The molecule has 0 radical (unpaired) electrons. The van der Waals surface area contributed by atoms with Crippen molar-refractivity contribution in [1.29, 1.82) is 0 Å². The molecule has 0 saturated carbocycles. The van der Waals surface area contributed by atoms with Gasteiger partial charge in [0.15, 0.2) is 5.96 Å². The van der Waals surface area contributed by atoms with Crippen LogP contribution >= 0.6 is 35.7 Å². The zero-order valence-corrected chi connectivity index (χ0v) is 19.2. The van der Waals surface area contributed by atoms with E-state index in [0.29, 0.717) is 4.75 Å². The molecule has 0 aromatic carbocycles. The predicted molar refractivity (Wildman–Crippen MR) is 119 cm³/mol. The van der Waals surface area contributed by atoms with Crippen LogP contribution in [0.2, 0.25) is 0 Å². The van der Waals surface area contributed by atoms with Crippen molar-refractivity contribution in [1.82, 2.24) is 10.6 Å². The Hall–Kier alpha value is 0.310. The topological polar surface area (TPSA) is 45.7 Å². The van der Waals surface area contributed by atoms with Crippen molar-refractivity contribution >= 4 is 41.7 Å². The van der Waals surface area contributed by atoms with Crippen molar-refractivity contribution in [3.05, 3.63) is 0 Å². The molecule has 1 rings (SSSR count). The molecule has 1 saturated heterocycles. The quantitative estimate of drug-likeness (QED) is 0.216. The number of hydrogen-bond donors (Lipinski definition) is 2. The van der Waals surface area contributed by atoms with Gasteiger partial charge < -0.3 is 15.4 Å². The summed E-state index contributed by atoms with van der Waals surface area (Å²) in [5.41, 5.74) is 0. The van der Waals surface area contributed by atoms with E-state index in [1.165, 1.54) is 32.1 Å². The third kappa shape index (κ3) is 10.3. The maximum absolute atomic E-state index is 5.50. The molecule has 0 aromatic heterocycles. The molecule has 0 unspecified atom stereocenters. The molecule has 0 atom stereocenters. The summed E-state index contributed by atoms with van der Waals surface area (Å²) in [4.78, 5) is 4.35. The van der Waals surface area contributed by atoms with Gasteiger partial charge in [-0.2, -0.15) is 11.8 Å². The van der Waals surface area contributed by atoms with E-state index < -0.39 is 0 Å². The first-order valence-corrected chi connectivity index (χ1v) is 10.4. The van der Waals surface area contributed by atoms with Gasteiger partial charge in [0.1, 0.15) is 0 Å². The van der Waals surface area contributed by atoms with E-state index >= 15 is 0 Å². The lowest BCUT2D eigenvalue weighted by Crippen LogP contribution is -2.48. The summed E-state index contributed by atoms with van der Waals surface area (Å²) in [6, 6.07) is 0. The first-order chi connectivity index (χ1) is 11.1. The highest BCUT2D eigenvalue weighted by atomic mass is 127. The average Bonchev–Trinajstić information content (AvgIpc) is 2.57. The molecule has 0 bridgehead atoms. The van der Waals surface area contributed by atoms with Crippen LogP contribution in [0.3, 0.4) is 0 Å². The molecule has 24 heavy (non-hydrogen) atoms. The number of aliphatic imine (C=N–C) groups is 1. The number of unbranched alkanes of at least 4 members (excludes halogenated alkanes) is 3. The maximum Gasteiger partial charge on any atom is 0.191 e. The Bertz CT molecular complexity index is 334. The normalized spacial score (nSPS) is 17.5. The molecule has 1 fully saturated rings. The zero-order chi connectivity index (χ0) is 17.0. The Morgan fingerprint density at radius 3 is 2.38 bits per heavy atom. The summed E-state index contributed by atoms with van der Waals surface area (Å²) in [6.07, 6.45) is 11.0. The smallest absolute Gasteiger partial charge is 0.191 e. The van der Waals surface area contributed by atoms with Crippen molar-refractivity contribution in [2.24, 2.45) is 10.9 Å². The minimum absolute atomic E-state index is 0. The first kappa shape index (κ1) is 24.3. The van der Waals surface area contributed by atoms with Crippen molar-refractivity contribution in [3.63, 3.8) is 0 Å². The molecule has 0 aliphatic carbocycles. The van der Waals surface area contributed by atoms with Crippen LogP contribution in [0.15, 0.2) is 4.99 Å². The third-order valence-electron chi connectivity index (χ3n) is 4.64. The van der Waals surface area contributed by atoms with Gasteiger partial charge in [-0.05, 0) is 31.4 Å². The van der Waals surface area contributed by atoms with Crippen LogP contribution in [0.1, 0.15) is 58.8 Å². The van der Waals surface area contributed by atoms with Gasteiger partial charge in [0.2, 0.25) is 0 Å². The van der Waals surface area contributed by atoms with Crippen LogP contribution in [-0.4, -0.2) is 50.3 Å². The summed E-state index contributed by atoms with van der Waals surface area (Å²) in [5, 5.41) is 6.96. The Morgan fingerprint density at radius 2 is 1.79 bits per heavy atom. The summed E-state index contributed by atoms with van der Waals surface area (Å²) >= 11 is 1.96. The highest BCUT2D eigenvalue weighted by molar-refractivity contribution is 14.0. The lowest BCUT2D eigenvalue weighted by atomic mass is 9.99. The molecule has 0 aromatic rings. The van der Waals surface area contributed by atoms with E-state index in [9.17, 15) is 0 Å². The number of nitrogens with one attached hydrogen (secondary N) is 2. The van der Waals surface area contributed by atoms with E-state index in [0.717, 1.165) is 51.0 Å². The van der Waals surface area contributed by atoms with E-state index in [1.54, 1.807) is 0 Å². The second-order valence-corrected chi connectivity index (χ2v) is 8.22. The lowest BCUT2D eigenvalue weighted by molar-refractivity contribution is 0.0783. The van der Waals surface area contributed by atoms with Gasteiger partial charge in [-0.25, -0.2) is 0 Å². The largest absolute Gasteiger partial charge is 0.381 e. The molecule has 2 N–H and O–H groups in total. The van der Waals surface area contributed by atoms with Crippen LogP contribution in [0.4, 0.5) is 0 Å². The van der Waals surface area contributed by atoms with Crippen LogP contribution in [0.5, 0.6) is 0 Å². The maximum atomic E-state index is 5.50. The standard InChI is InChI=1S/C18H37N3OS.HI/c1-16(2)9-7-5-6-8-12-20-17(19-3)21-15-18(23-4)10-13-22-14-11-18;/h16H,5-15H2,1-4H3,(H2,19,20,21);1H. The van der Waals surface area contributed by atoms with E-state index in [2.05, 4.69) is 35.7 Å². The predicted octanol–water partition coefficient (Wildman–Crippen LogP) is 4.29. The number of thioether (sulfide) groups is 1. The van der Waals surface area contributed by atoms with E-state index in [1.807, 2.05) is 18.8 Å². The number of ether oxygens (including phenoxy) is 1.